The van der Waals surface area contributed by atoms with Crippen LogP contribution in [-0.4, -0.2) is 52.8 Å². The first kappa shape index (κ1) is 23.2. The fraction of sp³-hybridized carbons (Fsp3) is 0.556. The number of benzene rings is 1. The van der Waals surface area contributed by atoms with Gasteiger partial charge in [-0.15, -0.1) is 12.4 Å². The number of halogens is 1. The Hall–Kier alpha value is -1.87. The van der Waals surface area contributed by atoms with Crippen LogP contribution < -0.4 is 10.2 Å². The molecule has 0 bridgehead atoms. The molecule has 1 aromatic rings. The molecular weight excluding hydrogens is 374 g/mol. The first-order chi connectivity index (χ1) is 12.3. The third-order valence-electron chi connectivity index (χ3n) is 4.91. The SMILES string of the molecule is CCN(CCOC(=O)[C@@](C)(CC)N(O)O)c1cccc2c1CCC(=O)N2.Cl. The standard InChI is InChI=1S/C18H27N3O5.ClH/c1-4-18(3,21(24)25)17(23)26-12-11-20(5-2)15-8-6-7-14-13(15)9-10-16(22)19-14;/h6-8,24-25H,4-5,9-12H2,1-3H3,(H,19,22);1H/t18-;/m1./s1. The summed E-state index contributed by atoms with van der Waals surface area (Å²) in [7, 11) is 0. The molecule has 0 spiro atoms. The summed E-state index contributed by atoms with van der Waals surface area (Å²) in [6.07, 6.45) is 1.32. The lowest BCUT2D eigenvalue weighted by molar-refractivity contribution is -0.354. The van der Waals surface area contributed by atoms with Crippen LogP contribution in [0.2, 0.25) is 0 Å². The summed E-state index contributed by atoms with van der Waals surface area (Å²) in [6.45, 7) is 6.36. The number of carbonyl (C=O) groups is 2. The molecule has 1 aromatic carbocycles. The number of anilines is 2. The van der Waals surface area contributed by atoms with Gasteiger partial charge in [-0.25, -0.2) is 4.79 Å². The number of likely N-dealkylation sites (N-methyl/N-ethyl adjacent to an activating group) is 1. The first-order valence-corrected chi connectivity index (χ1v) is 8.85. The van der Waals surface area contributed by atoms with Crippen LogP contribution in [0.15, 0.2) is 18.2 Å². The van der Waals surface area contributed by atoms with Crippen molar-refractivity contribution >= 4 is 35.7 Å². The van der Waals surface area contributed by atoms with Gasteiger partial charge >= 0.3 is 5.97 Å². The van der Waals surface area contributed by atoms with Gasteiger partial charge in [0.15, 0.2) is 5.54 Å². The van der Waals surface area contributed by atoms with Crippen molar-refractivity contribution in [2.24, 2.45) is 0 Å². The first-order valence-electron chi connectivity index (χ1n) is 8.85. The lowest BCUT2D eigenvalue weighted by atomic mass is 10.00. The monoisotopic (exact) mass is 401 g/mol. The maximum Gasteiger partial charge on any atom is 0.331 e. The number of ether oxygens (including phenoxy) is 1. The highest BCUT2D eigenvalue weighted by Crippen LogP contribution is 2.31. The minimum Gasteiger partial charge on any atom is -0.462 e. The highest BCUT2D eigenvalue weighted by molar-refractivity contribution is 5.95. The van der Waals surface area contributed by atoms with Gasteiger partial charge in [-0.05, 0) is 44.4 Å². The molecule has 1 aliphatic heterocycles. The maximum atomic E-state index is 12.2. The Labute approximate surface area is 165 Å². The fourth-order valence-corrected chi connectivity index (χ4v) is 2.92. The van der Waals surface area contributed by atoms with E-state index in [2.05, 4.69) is 10.2 Å². The van der Waals surface area contributed by atoms with Crippen molar-refractivity contribution in [2.45, 2.75) is 45.6 Å². The predicted octanol–water partition coefficient (Wildman–Crippen LogP) is 2.61. The summed E-state index contributed by atoms with van der Waals surface area (Å²) in [6, 6.07) is 5.76. The second-order valence-corrected chi connectivity index (χ2v) is 6.48. The average Bonchev–Trinajstić information content (AvgIpc) is 2.63. The van der Waals surface area contributed by atoms with Gasteiger partial charge in [0.05, 0.1) is 6.54 Å². The van der Waals surface area contributed by atoms with Crippen LogP contribution in [0.25, 0.3) is 0 Å². The number of esters is 1. The van der Waals surface area contributed by atoms with Crippen molar-refractivity contribution in [1.29, 1.82) is 0 Å². The molecule has 9 heteroatoms. The third-order valence-corrected chi connectivity index (χ3v) is 4.91. The van der Waals surface area contributed by atoms with Crippen LogP contribution >= 0.6 is 12.4 Å². The Morgan fingerprint density at radius 1 is 1.30 bits per heavy atom. The van der Waals surface area contributed by atoms with Gasteiger partial charge in [0.2, 0.25) is 5.91 Å². The smallest absolute Gasteiger partial charge is 0.331 e. The van der Waals surface area contributed by atoms with Gasteiger partial charge in [0.25, 0.3) is 0 Å². The Bertz CT molecular complexity index is 670. The molecule has 3 N–H and O–H groups in total. The summed E-state index contributed by atoms with van der Waals surface area (Å²) in [5.74, 6) is -0.675. The number of fused-ring (bicyclic) bond motifs is 1. The van der Waals surface area contributed by atoms with Crippen molar-refractivity contribution in [3.05, 3.63) is 23.8 Å². The van der Waals surface area contributed by atoms with Crippen LogP contribution in [0.3, 0.4) is 0 Å². The predicted molar refractivity (Wildman–Crippen MR) is 104 cm³/mol. The quantitative estimate of drug-likeness (QED) is 0.454. The summed E-state index contributed by atoms with van der Waals surface area (Å²) in [4.78, 5) is 25.8. The second-order valence-electron chi connectivity index (χ2n) is 6.48. The van der Waals surface area contributed by atoms with E-state index in [-0.39, 0.29) is 36.6 Å². The third kappa shape index (κ3) is 5.10. The Kier molecular flexibility index (Phi) is 8.49. The summed E-state index contributed by atoms with van der Waals surface area (Å²) in [5.41, 5.74) is 1.41. The molecule has 2 rings (SSSR count). The largest absolute Gasteiger partial charge is 0.462 e. The van der Waals surface area contributed by atoms with Crippen molar-refractivity contribution in [1.82, 2.24) is 5.23 Å². The van der Waals surface area contributed by atoms with E-state index in [1.165, 1.54) is 6.92 Å². The molecule has 0 aromatic heterocycles. The van der Waals surface area contributed by atoms with Gasteiger partial charge in [0, 0.05) is 24.3 Å². The molecule has 0 saturated heterocycles. The number of nitrogens with zero attached hydrogens (tertiary/aromatic N) is 2. The van der Waals surface area contributed by atoms with E-state index in [0.29, 0.717) is 25.9 Å². The van der Waals surface area contributed by atoms with Crippen LogP contribution in [0.1, 0.15) is 39.2 Å². The topological polar surface area (TPSA) is 102 Å². The van der Waals surface area contributed by atoms with Crippen LogP contribution in [0.4, 0.5) is 11.4 Å². The lowest BCUT2D eigenvalue weighted by Crippen LogP contribution is -2.50. The van der Waals surface area contributed by atoms with Crippen LogP contribution in [0, 0.1) is 0 Å². The zero-order chi connectivity index (χ0) is 19.3. The zero-order valence-corrected chi connectivity index (χ0v) is 16.7. The molecule has 1 aliphatic rings. The highest BCUT2D eigenvalue weighted by Gasteiger charge is 2.39. The van der Waals surface area contributed by atoms with Crippen LogP contribution in [0.5, 0.6) is 0 Å². The molecule has 0 fully saturated rings. The van der Waals surface area contributed by atoms with Gasteiger partial charge < -0.3 is 15.0 Å². The average molecular weight is 402 g/mol. The lowest BCUT2D eigenvalue weighted by Gasteiger charge is -2.31. The highest BCUT2D eigenvalue weighted by atomic mass is 35.5. The molecule has 152 valence electrons. The van der Waals surface area contributed by atoms with Gasteiger partial charge in [-0.1, -0.05) is 18.2 Å². The number of nitrogens with one attached hydrogen (secondary N) is 1. The van der Waals surface area contributed by atoms with Crippen molar-refractivity contribution in [3.8, 4) is 0 Å². The summed E-state index contributed by atoms with van der Waals surface area (Å²) in [5, 5.41) is 21.3. The van der Waals surface area contributed by atoms with Crippen molar-refractivity contribution in [2.75, 3.05) is 29.9 Å². The Morgan fingerprint density at radius 3 is 2.59 bits per heavy atom. The number of amides is 1. The van der Waals surface area contributed by atoms with Gasteiger partial charge in [0.1, 0.15) is 6.61 Å². The normalized spacial score (nSPS) is 15.3. The van der Waals surface area contributed by atoms with E-state index in [0.717, 1.165) is 16.9 Å². The van der Waals surface area contributed by atoms with Crippen molar-refractivity contribution in [3.63, 3.8) is 0 Å². The number of hydrogen-bond acceptors (Lipinski definition) is 7. The Morgan fingerprint density at radius 2 is 2.00 bits per heavy atom. The summed E-state index contributed by atoms with van der Waals surface area (Å²) >= 11 is 0. The minimum atomic E-state index is -1.49. The zero-order valence-electron chi connectivity index (χ0n) is 15.9. The number of carbonyl (C=O) groups excluding carboxylic acids is 2. The molecule has 27 heavy (non-hydrogen) atoms. The maximum absolute atomic E-state index is 12.2. The number of hydroxylamine groups is 2. The van der Waals surface area contributed by atoms with E-state index < -0.39 is 11.5 Å². The molecular formula is C18H28ClN3O5. The van der Waals surface area contributed by atoms with E-state index in [1.807, 2.05) is 25.1 Å². The van der Waals surface area contributed by atoms with E-state index >= 15 is 0 Å². The van der Waals surface area contributed by atoms with Crippen molar-refractivity contribution < 1.29 is 24.7 Å². The molecule has 0 saturated carbocycles. The van der Waals surface area contributed by atoms with Gasteiger partial charge in [-0.3, -0.25) is 15.2 Å². The van der Waals surface area contributed by atoms with Gasteiger partial charge in [-0.2, -0.15) is 0 Å². The number of rotatable bonds is 8. The molecule has 0 radical (unpaired) electrons. The minimum absolute atomic E-state index is 0. The molecule has 1 heterocycles. The van der Waals surface area contributed by atoms with E-state index in [1.54, 1.807) is 6.92 Å². The van der Waals surface area contributed by atoms with E-state index in [4.69, 9.17) is 4.74 Å². The number of hydrogen-bond donors (Lipinski definition) is 3. The molecule has 8 nitrogen and oxygen atoms in total. The fourth-order valence-electron chi connectivity index (χ4n) is 2.92. The molecule has 0 aliphatic carbocycles. The molecule has 1 atom stereocenters. The summed E-state index contributed by atoms with van der Waals surface area (Å²) < 4.78 is 5.26. The Balaban J connectivity index is 0.00000364. The van der Waals surface area contributed by atoms with E-state index in [9.17, 15) is 20.0 Å². The molecule has 1 amide bonds. The second kappa shape index (κ2) is 9.89. The van der Waals surface area contributed by atoms with Crippen LogP contribution in [-0.2, 0) is 20.7 Å². The molecule has 0 unspecified atom stereocenters.